The van der Waals surface area contributed by atoms with Gasteiger partial charge in [-0.2, -0.15) is 0 Å². The molecule has 1 aliphatic heterocycles. The Hall–Kier alpha value is -0.970. The average molecular weight is 241 g/mol. The Bertz CT molecular complexity index is 364. The molecule has 5 heteroatoms. The molecule has 0 aromatic carbocycles. The summed E-state index contributed by atoms with van der Waals surface area (Å²) in [6.45, 7) is 2.10. The molecule has 16 heavy (non-hydrogen) atoms. The number of carbonyl (C=O) groups excluding carboxylic acids is 2. The molecular weight excluding hydrogens is 226 g/mol. The van der Waals surface area contributed by atoms with Crippen LogP contribution in [-0.4, -0.2) is 23.6 Å². The smallest absolute Gasteiger partial charge is 0.336 e. The standard InChI is InChI=1S/C11H15NO3S/c1-2-15-11(14)8-6-4-3-5-7(13)9(6)16-10(8)12/h6,9H,2-5,12H2,1H3. The number of hydrogen-bond acceptors (Lipinski definition) is 5. The van der Waals surface area contributed by atoms with Crippen molar-refractivity contribution in [3.63, 3.8) is 0 Å². The van der Waals surface area contributed by atoms with Crippen molar-refractivity contribution >= 4 is 23.5 Å². The molecule has 1 heterocycles. The molecule has 2 aliphatic rings. The molecule has 88 valence electrons. The monoisotopic (exact) mass is 241 g/mol. The Labute approximate surface area is 98.6 Å². The van der Waals surface area contributed by atoms with Crippen LogP contribution in [0.25, 0.3) is 0 Å². The predicted octanol–water partition coefficient (Wildman–Crippen LogP) is 1.20. The van der Waals surface area contributed by atoms with Gasteiger partial charge in [0.15, 0.2) is 0 Å². The normalized spacial score (nSPS) is 29.2. The fraction of sp³-hybridized carbons (Fsp3) is 0.636. The van der Waals surface area contributed by atoms with E-state index in [9.17, 15) is 9.59 Å². The second kappa shape index (κ2) is 4.49. The average Bonchev–Trinajstić information content (AvgIpc) is 2.56. The van der Waals surface area contributed by atoms with Crippen LogP contribution in [0.15, 0.2) is 10.6 Å². The van der Waals surface area contributed by atoms with Crippen molar-refractivity contribution in [1.29, 1.82) is 0 Å². The van der Waals surface area contributed by atoms with E-state index in [1.54, 1.807) is 6.92 Å². The molecule has 0 saturated heterocycles. The fourth-order valence-electron chi connectivity index (χ4n) is 2.30. The van der Waals surface area contributed by atoms with Gasteiger partial charge in [-0.3, -0.25) is 4.79 Å². The Morgan fingerprint density at radius 3 is 3.06 bits per heavy atom. The lowest BCUT2D eigenvalue weighted by Crippen LogP contribution is -2.31. The molecule has 2 rings (SSSR count). The molecule has 1 saturated carbocycles. The fourth-order valence-corrected chi connectivity index (χ4v) is 3.62. The number of esters is 1. The largest absolute Gasteiger partial charge is 0.463 e. The molecule has 0 spiro atoms. The minimum atomic E-state index is -0.352. The zero-order valence-corrected chi connectivity index (χ0v) is 10.0. The molecule has 0 amide bonds. The van der Waals surface area contributed by atoms with Crippen LogP contribution in [0, 0.1) is 5.92 Å². The van der Waals surface area contributed by atoms with E-state index in [1.807, 2.05) is 0 Å². The summed E-state index contributed by atoms with van der Waals surface area (Å²) in [5.74, 6) is -0.163. The lowest BCUT2D eigenvalue weighted by Gasteiger charge is -2.24. The van der Waals surface area contributed by atoms with Gasteiger partial charge < -0.3 is 10.5 Å². The first-order valence-electron chi connectivity index (χ1n) is 5.51. The molecule has 1 fully saturated rings. The van der Waals surface area contributed by atoms with E-state index in [0.29, 0.717) is 23.6 Å². The lowest BCUT2D eigenvalue weighted by molar-refractivity contribution is -0.139. The quantitative estimate of drug-likeness (QED) is 0.736. The Kier molecular flexibility index (Phi) is 3.23. The summed E-state index contributed by atoms with van der Waals surface area (Å²) in [7, 11) is 0. The van der Waals surface area contributed by atoms with Crippen LogP contribution in [0.1, 0.15) is 26.2 Å². The topological polar surface area (TPSA) is 69.4 Å². The lowest BCUT2D eigenvalue weighted by atomic mass is 9.83. The van der Waals surface area contributed by atoms with Crippen LogP contribution >= 0.6 is 11.8 Å². The van der Waals surface area contributed by atoms with Crippen molar-refractivity contribution in [2.24, 2.45) is 11.7 Å². The van der Waals surface area contributed by atoms with Crippen molar-refractivity contribution in [1.82, 2.24) is 0 Å². The minimum Gasteiger partial charge on any atom is -0.463 e. The highest BCUT2D eigenvalue weighted by molar-refractivity contribution is 8.04. The Morgan fingerprint density at radius 2 is 2.38 bits per heavy atom. The number of fused-ring (bicyclic) bond motifs is 1. The third kappa shape index (κ3) is 1.84. The first-order valence-corrected chi connectivity index (χ1v) is 6.39. The van der Waals surface area contributed by atoms with E-state index in [-0.39, 0.29) is 22.9 Å². The van der Waals surface area contributed by atoms with Crippen molar-refractivity contribution < 1.29 is 14.3 Å². The second-order valence-corrected chi connectivity index (χ2v) is 5.19. The van der Waals surface area contributed by atoms with E-state index >= 15 is 0 Å². The Morgan fingerprint density at radius 1 is 1.62 bits per heavy atom. The number of Topliss-reactive ketones (excluding diaryl/α,β-unsaturated/α-hetero) is 1. The molecular formula is C11H15NO3S. The van der Waals surface area contributed by atoms with E-state index in [1.165, 1.54) is 11.8 Å². The van der Waals surface area contributed by atoms with Gasteiger partial charge in [0.05, 0.1) is 22.5 Å². The zero-order chi connectivity index (χ0) is 11.7. The molecule has 0 bridgehead atoms. The van der Waals surface area contributed by atoms with Gasteiger partial charge in [-0.15, -0.1) is 0 Å². The summed E-state index contributed by atoms with van der Waals surface area (Å²) >= 11 is 1.33. The van der Waals surface area contributed by atoms with Crippen LogP contribution in [0.4, 0.5) is 0 Å². The maximum atomic E-state index is 11.7. The molecule has 0 aromatic rings. The number of carbonyl (C=O) groups is 2. The predicted molar refractivity (Wildman–Crippen MR) is 61.6 cm³/mol. The van der Waals surface area contributed by atoms with Gasteiger partial charge in [-0.05, 0) is 19.8 Å². The third-order valence-electron chi connectivity index (χ3n) is 3.01. The zero-order valence-electron chi connectivity index (χ0n) is 9.19. The minimum absolute atomic E-state index is 0.0229. The van der Waals surface area contributed by atoms with Gasteiger partial charge in [-0.1, -0.05) is 11.8 Å². The van der Waals surface area contributed by atoms with Gasteiger partial charge in [0, 0.05) is 12.3 Å². The summed E-state index contributed by atoms with van der Waals surface area (Å²) in [5.41, 5.74) is 6.35. The SMILES string of the molecule is CCOC(=O)C1=C(N)SC2C(=O)CCCC12. The van der Waals surface area contributed by atoms with Crippen LogP contribution in [-0.2, 0) is 14.3 Å². The van der Waals surface area contributed by atoms with E-state index in [2.05, 4.69) is 0 Å². The third-order valence-corrected chi connectivity index (χ3v) is 4.33. The number of thioether (sulfide) groups is 1. The highest BCUT2D eigenvalue weighted by atomic mass is 32.2. The molecule has 0 aromatic heterocycles. The maximum absolute atomic E-state index is 11.7. The molecule has 2 unspecified atom stereocenters. The summed E-state index contributed by atoms with van der Waals surface area (Å²) in [4.78, 5) is 23.4. The van der Waals surface area contributed by atoms with E-state index < -0.39 is 0 Å². The van der Waals surface area contributed by atoms with Gasteiger partial charge in [0.1, 0.15) is 5.78 Å². The number of nitrogens with two attached hydrogens (primary N) is 1. The van der Waals surface area contributed by atoms with Crippen molar-refractivity contribution in [3.05, 3.63) is 10.6 Å². The van der Waals surface area contributed by atoms with Gasteiger partial charge in [0.25, 0.3) is 0 Å². The van der Waals surface area contributed by atoms with Crippen molar-refractivity contribution in [2.75, 3.05) is 6.61 Å². The van der Waals surface area contributed by atoms with Crippen LogP contribution in [0.2, 0.25) is 0 Å². The highest BCUT2D eigenvalue weighted by Crippen LogP contribution is 2.45. The van der Waals surface area contributed by atoms with Gasteiger partial charge >= 0.3 is 5.97 Å². The summed E-state index contributed by atoms with van der Waals surface area (Å²) < 4.78 is 4.98. The number of ketones is 1. The maximum Gasteiger partial charge on any atom is 0.336 e. The number of ether oxygens (including phenoxy) is 1. The highest BCUT2D eigenvalue weighted by Gasteiger charge is 2.44. The first kappa shape index (κ1) is 11.5. The van der Waals surface area contributed by atoms with Crippen molar-refractivity contribution in [3.8, 4) is 0 Å². The van der Waals surface area contributed by atoms with Crippen LogP contribution < -0.4 is 5.73 Å². The summed E-state index contributed by atoms with van der Waals surface area (Å²) in [6.07, 6.45) is 2.31. The molecule has 2 N–H and O–H groups in total. The molecule has 1 aliphatic carbocycles. The Balaban J connectivity index is 2.21. The summed E-state index contributed by atoms with van der Waals surface area (Å²) in [6, 6.07) is 0. The van der Waals surface area contributed by atoms with Gasteiger partial charge in [0.2, 0.25) is 0 Å². The van der Waals surface area contributed by atoms with Crippen molar-refractivity contribution in [2.45, 2.75) is 31.4 Å². The number of rotatable bonds is 2. The second-order valence-electron chi connectivity index (χ2n) is 4.00. The first-order chi connectivity index (χ1) is 7.65. The van der Waals surface area contributed by atoms with Gasteiger partial charge in [-0.25, -0.2) is 4.79 Å². The van der Waals surface area contributed by atoms with E-state index in [4.69, 9.17) is 10.5 Å². The van der Waals surface area contributed by atoms with Crippen LogP contribution in [0.5, 0.6) is 0 Å². The van der Waals surface area contributed by atoms with Crippen LogP contribution in [0.3, 0.4) is 0 Å². The number of hydrogen-bond donors (Lipinski definition) is 1. The summed E-state index contributed by atoms with van der Waals surface area (Å²) in [5, 5.41) is 0.330. The molecule has 4 nitrogen and oxygen atoms in total. The molecule has 0 radical (unpaired) electrons. The molecule has 2 atom stereocenters. The van der Waals surface area contributed by atoms with E-state index in [0.717, 1.165) is 12.8 Å².